The second-order valence-corrected chi connectivity index (χ2v) is 4.24. The van der Waals surface area contributed by atoms with Gasteiger partial charge in [0.2, 0.25) is 0 Å². The van der Waals surface area contributed by atoms with Gasteiger partial charge in [-0.3, -0.25) is 0 Å². The van der Waals surface area contributed by atoms with Gasteiger partial charge in [0.15, 0.2) is 0 Å². The van der Waals surface area contributed by atoms with Gasteiger partial charge in [0.1, 0.15) is 5.82 Å². The normalized spacial score (nSPS) is 20.8. The highest BCUT2D eigenvalue weighted by Crippen LogP contribution is 2.21. The number of nitrogens with one attached hydrogen (secondary N) is 2. The Kier molecular flexibility index (Phi) is 4.99. The van der Waals surface area contributed by atoms with Gasteiger partial charge in [0.05, 0.1) is 4.47 Å². The molecule has 1 aliphatic rings. The van der Waals surface area contributed by atoms with Crippen LogP contribution in [-0.2, 0) is 0 Å². The van der Waals surface area contributed by atoms with E-state index in [4.69, 9.17) is 0 Å². The zero-order valence-electron chi connectivity index (χ0n) is 8.09. The maximum atomic E-state index is 13.0. The summed E-state index contributed by atoms with van der Waals surface area (Å²) in [5.74, 6) is -0.211. The van der Waals surface area contributed by atoms with Gasteiger partial charge in [-0.1, -0.05) is 6.07 Å². The minimum atomic E-state index is -0.211. The van der Waals surface area contributed by atoms with E-state index in [2.05, 4.69) is 26.6 Å². The maximum Gasteiger partial charge on any atom is 0.137 e. The first-order chi connectivity index (χ1) is 6.77. The highest BCUT2D eigenvalue weighted by Gasteiger charge is 2.14. The van der Waals surface area contributed by atoms with Crippen LogP contribution in [0, 0.1) is 5.82 Å². The molecule has 1 aliphatic heterocycles. The van der Waals surface area contributed by atoms with E-state index in [0.29, 0.717) is 10.5 Å². The summed E-state index contributed by atoms with van der Waals surface area (Å²) in [5.41, 5.74) is 1.12. The number of benzene rings is 1. The molecule has 0 spiro atoms. The minimum Gasteiger partial charge on any atom is -0.314 e. The zero-order chi connectivity index (χ0) is 9.97. The summed E-state index contributed by atoms with van der Waals surface area (Å²) in [6.07, 6.45) is 0. The number of piperazine rings is 1. The van der Waals surface area contributed by atoms with Crippen LogP contribution < -0.4 is 10.6 Å². The molecule has 2 nitrogen and oxygen atoms in total. The van der Waals surface area contributed by atoms with E-state index in [0.717, 1.165) is 25.2 Å². The summed E-state index contributed by atoms with van der Waals surface area (Å²) in [7, 11) is 0. The van der Waals surface area contributed by atoms with Crippen molar-refractivity contribution < 1.29 is 4.39 Å². The Morgan fingerprint density at radius 1 is 1.33 bits per heavy atom. The van der Waals surface area contributed by atoms with E-state index < -0.39 is 0 Å². The van der Waals surface area contributed by atoms with Gasteiger partial charge in [-0.05, 0) is 33.6 Å². The van der Waals surface area contributed by atoms with E-state index in [1.807, 2.05) is 12.1 Å². The van der Waals surface area contributed by atoms with Crippen molar-refractivity contribution in [2.75, 3.05) is 19.6 Å². The molecule has 1 aromatic rings. The molecule has 0 unspecified atom stereocenters. The molecule has 5 heteroatoms. The van der Waals surface area contributed by atoms with Gasteiger partial charge < -0.3 is 10.6 Å². The van der Waals surface area contributed by atoms with Crippen LogP contribution in [0.2, 0.25) is 0 Å². The average Bonchev–Trinajstić information content (AvgIpc) is 2.23. The largest absolute Gasteiger partial charge is 0.314 e. The highest BCUT2D eigenvalue weighted by atomic mass is 79.9. The molecule has 1 saturated heterocycles. The standard InChI is InChI=1S/C10H12BrFN2.ClH/c11-8-5-7(1-2-9(8)12)10-6-13-3-4-14-10;/h1-2,5,10,13-14H,3-4,6H2;1H/t10-;/m1./s1. The fraction of sp³-hybridized carbons (Fsp3) is 0.400. The van der Waals surface area contributed by atoms with Crippen molar-refractivity contribution in [1.29, 1.82) is 0 Å². The third kappa shape index (κ3) is 3.14. The lowest BCUT2D eigenvalue weighted by atomic mass is 10.1. The number of rotatable bonds is 1. The van der Waals surface area contributed by atoms with E-state index in [9.17, 15) is 4.39 Å². The number of halogens is 3. The van der Waals surface area contributed by atoms with E-state index >= 15 is 0 Å². The van der Waals surface area contributed by atoms with Crippen molar-refractivity contribution in [2.45, 2.75) is 6.04 Å². The molecule has 0 saturated carbocycles. The third-order valence-corrected chi connectivity index (χ3v) is 2.99. The van der Waals surface area contributed by atoms with Gasteiger partial charge in [-0.15, -0.1) is 12.4 Å². The predicted octanol–water partition coefficient (Wildman–Crippen LogP) is 2.24. The summed E-state index contributed by atoms with van der Waals surface area (Å²) < 4.78 is 13.5. The van der Waals surface area contributed by atoms with Crippen molar-refractivity contribution in [1.82, 2.24) is 10.6 Å². The Morgan fingerprint density at radius 2 is 2.13 bits per heavy atom. The molecule has 1 fully saturated rings. The van der Waals surface area contributed by atoms with Gasteiger partial charge in [0.25, 0.3) is 0 Å². The average molecular weight is 296 g/mol. The molecule has 0 radical (unpaired) electrons. The first-order valence-electron chi connectivity index (χ1n) is 4.66. The van der Waals surface area contributed by atoms with Gasteiger partial charge in [-0.2, -0.15) is 0 Å². The third-order valence-electron chi connectivity index (χ3n) is 2.39. The van der Waals surface area contributed by atoms with Crippen molar-refractivity contribution in [2.24, 2.45) is 0 Å². The molecule has 15 heavy (non-hydrogen) atoms. The minimum absolute atomic E-state index is 0. The summed E-state index contributed by atoms with van der Waals surface area (Å²) in [4.78, 5) is 0. The summed E-state index contributed by atoms with van der Waals surface area (Å²) in [5, 5.41) is 6.67. The summed E-state index contributed by atoms with van der Waals surface area (Å²) >= 11 is 3.19. The van der Waals surface area contributed by atoms with Crippen LogP contribution in [0.15, 0.2) is 22.7 Å². The van der Waals surface area contributed by atoms with Crippen LogP contribution in [0.1, 0.15) is 11.6 Å². The predicted molar refractivity (Wildman–Crippen MR) is 65.0 cm³/mol. The lowest BCUT2D eigenvalue weighted by Crippen LogP contribution is -2.42. The lowest BCUT2D eigenvalue weighted by molar-refractivity contribution is 0.429. The molecule has 2 rings (SSSR count). The zero-order valence-corrected chi connectivity index (χ0v) is 10.5. The first kappa shape index (κ1) is 12.9. The van der Waals surface area contributed by atoms with Gasteiger partial charge in [-0.25, -0.2) is 4.39 Å². The summed E-state index contributed by atoms with van der Waals surface area (Å²) in [6, 6.07) is 5.45. The van der Waals surface area contributed by atoms with Gasteiger partial charge in [0, 0.05) is 25.7 Å². The Hall–Kier alpha value is -0.160. The molecule has 84 valence electrons. The van der Waals surface area contributed by atoms with Gasteiger partial charge >= 0.3 is 0 Å². The highest BCUT2D eigenvalue weighted by molar-refractivity contribution is 9.10. The van der Waals surface area contributed by atoms with E-state index in [1.54, 1.807) is 0 Å². The second-order valence-electron chi connectivity index (χ2n) is 3.38. The van der Waals surface area contributed by atoms with Crippen LogP contribution in [0.5, 0.6) is 0 Å². The smallest absolute Gasteiger partial charge is 0.137 e. The topological polar surface area (TPSA) is 24.1 Å². The van der Waals surface area contributed by atoms with E-state index in [1.165, 1.54) is 6.07 Å². The van der Waals surface area contributed by atoms with Crippen LogP contribution in [0.25, 0.3) is 0 Å². The molecular formula is C10H13BrClFN2. The van der Waals surface area contributed by atoms with E-state index in [-0.39, 0.29) is 18.2 Å². The number of hydrogen-bond donors (Lipinski definition) is 2. The second kappa shape index (κ2) is 5.80. The molecule has 1 aromatic carbocycles. The molecule has 1 atom stereocenters. The van der Waals surface area contributed by atoms with Crippen molar-refractivity contribution in [3.63, 3.8) is 0 Å². The molecule has 0 aliphatic carbocycles. The lowest BCUT2D eigenvalue weighted by Gasteiger charge is -2.25. The Morgan fingerprint density at radius 3 is 2.73 bits per heavy atom. The number of hydrogen-bond acceptors (Lipinski definition) is 2. The Bertz CT molecular complexity index is 329. The molecular weight excluding hydrogens is 282 g/mol. The maximum absolute atomic E-state index is 13.0. The Labute approximate surface area is 103 Å². The molecule has 0 bridgehead atoms. The fourth-order valence-corrected chi connectivity index (χ4v) is 2.01. The molecule has 0 aromatic heterocycles. The van der Waals surface area contributed by atoms with Crippen LogP contribution in [-0.4, -0.2) is 19.6 Å². The summed E-state index contributed by atoms with van der Waals surface area (Å²) in [6.45, 7) is 2.86. The van der Waals surface area contributed by atoms with Crippen molar-refractivity contribution >= 4 is 28.3 Å². The van der Waals surface area contributed by atoms with Crippen molar-refractivity contribution in [3.8, 4) is 0 Å². The quantitative estimate of drug-likeness (QED) is 0.830. The Balaban J connectivity index is 0.00000112. The van der Waals surface area contributed by atoms with Crippen LogP contribution >= 0.6 is 28.3 Å². The van der Waals surface area contributed by atoms with Crippen LogP contribution in [0.4, 0.5) is 4.39 Å². The fourth-order valence-electron chi connectivity index (χ4n) is 1.62. The van der Waals surface area contributed by atoms with Crippen molar-refractivity contribution in [3.05, 3.63) is 34.1 Å². The first-order valence-corrected chi connectivity index (χ1v) is 5.46. The molecule has 0 amide bonds. The monoisotopic (exact) mass is 294 g/mol. The van der Waals surface area contributed by atoms with Crippen LogP contribution in [0.3, 0.4) is 0 Å². The molecule has 2 N–H and O–H groups in total. The molecule has 1 heterocycles. The SMILES string of the molecule is Cl.Fc1ccc([C@H]2CNCCN2)cc1Br.